The quantitative estimate of drug-likeness (QED) is 0.849. The minimum Gasteiger partial charge on any atom is -0.368 e. The number of rotatable bonds is 6. The number of hydrogen-bond acceptors (Lipinski definition) is 3. The number of benzene rings is 1. The van der Waals surface area contributed by atoms with Gasteiger partial charge in [-0.05, 0) is 43.4 Å². The van der Waals surface area contributed by atoms with Crippen molar-refractivity contribution in [3.8, 4) is 0 Å². The van der Waals surface area contributed by atoms with Gasteiger partial charge in [0.2, 0.25) is 0 Å². The molecule has 0 saturated carbocycles. The van der Waals surface area contributed by atoms with E-state index in [2.05, 4.69) is 24.5 Å². The average molecular weight is 304 g/mol. The van der Waals surface area contributed by atoms with Crippen LogP contribution >= 0.6 is 0 Å². The van der Waals surface area contributed by atoms with Crippen molar-refractivity contribution in [3.05, 3.63) is 29.8 Å². The van der Waals surface area contributed by atoms with Crippen LogP contribution < -0.4 is 10.6 Å². The van der Waals surface area contributed by atoms with Crippen molar-refractivity contribution in [2.75, 3.05) is 18.5 Å². The second-order valence-electron chi connectivity index (χ2n) is 6.01. The van der Waals surface area contributed by atoms with Gasteiger partial charge in [0, 0.05) is 24.4 Å². The van der Waals surface area contributed by atoms with Crippen LogP contribution in [0.15, 0.2) is 24.3 Å². The lowest BCUT2D eigenvalue weighted by atomic mass is 10.1. The van der Waals surface area contributed by atoms with Crippen molar-refractivity contribution in [1.82, 2.24) is 5.32 Å². The smallest absolute Gasteiger partial charge is 0.253 e. The summed E-state index contributed by atoms with van der Waals surface area (Å²) >= 11 is 0. The van der Waals surface area contributed by atoms with Gasteiger partial charge in [0.1, 0.15) is 6.10 Å². The molecule has 1 atom stereocenters. The normalized spacial score (nSPS) is 17.5. The van der Waals surface area contributed by atoms with Crippen LogP contribution in [-0.2, 0) is 9.53 Å². The number of anilines is 1. The molecule has 2 N–H and O–H groups in total. The molecule has 0 radical (unpaired) electrons. The first-order valence-electron chi connectivity index (χ1n) is 7.87. The summed E-state index contributed by atoms with van der Waals surface area (Å²) in [6.07, 6.45) is 2.24. The van der Waals surface area contributed by atoms with E-state index in [0.29, 0.717) is 30.3 Å². The molecular formula is C17H24N2O3. The molecule has 2 amide bonds. The Bertz CT molecular complexity index is 522. The number of nitrogens with one attached hydrogen (secondary N) is 2. The summed E-state index contributed by atoms with van der Waals surface area (Å²) in [5.74, 6) is 0.293. The molecule has 1 aliphatic rings. The molecule has 1 fully saturated rings. The van der Waals surface area contributed by atoms with Gasteiger partial charge in [-0.25, -0.2) is 0 Å². The van der Waals surface area contributed by atoms with Crippen molar-refractivity contribution in [2.45, 2.75) is 39.2 Å². The molecule has 0 bridgehead atoms. The van der Waals surface area contributed by atoms with Gasteiger partial charge in [-0.3, -0.25) is 9.59 Å². The fourth-order valence-corrected chi connectivity index (χ4v) is 2.32. The number of amides is 2. The van der Waals surface area contributed by atoms with E-state index in [1.807, 2.05) is 0 Å². The lowest BCUT2D eigenvalue weighted by molar-refractivity contribution is -0.124. The maximum absolute atomic E-state index is 12.1. The van der Waals surface area contributed by atoms with E-state index in [1.54, 1.807) is 24.3 Å². The van der Waals surface area contributed by atoms with Crippen LogP contribution in [0.5, 0.6) is 0 Å². The Kier molecular flexibility index (Phi) is 5.95. The van der Waals surface area contributed by atoms with Crippen LogP contribution in [0.3, 0.4) is 0 Å². The van der Waals surface area contributed by atoms with Gasteiger partial charge in [-0.15, -0.1) is 0 Å². The van der Waals surface area contributed by atoms with Gasteiger partial charge < -0.3 is 15.4 Å². The molecule has 1 heterocycles. The number of hydrogen-bond donors (Lipinski definition) is 2. The zero-order valence-electron chi connectivity index (χ0n) is 13.2. The first-order chi connectivity index (χ1) is 10.6. The lowest BCUT2D eigenvalue weighted by Crippen LogP contribution is -2.27. The summed E-state index contributed by atoms with van der Waals surface area (Å²) in [6.45, 7) is 5.53. The number of carbonyl (C=O) groups is 2. The highest BCUT2D eigenvalue weighted by Crippen LogP contribution is 2.16. The molecule has 0 aromatic heterocycles. The van der Waals surface area contributed by atoms with Crippen molar-refractivity contribution < 1.29 is 14.3 Å². The van der Waals surface area contributed by atoms with E-state index in [4.69, 9.17) is 4.74 Å². The van der Waals surface area contributed by atoms with Gasteiger partial charge in [-0.2, -0.15) is 0 Å². The van der Waals surface area contributed by atoms with Crippen molar-refractivity contribution in [2.24, 2.45) is 5.92 Å². The number of ether oxygens (including phenoxy) is 1. The third-order valence-corrected chi connectivity index (χ3v) is 3.62. The Hall–Kier alpha value is -1.88. The first-order valence-corrected chi connectivity index (χ1v) is 7.87. The monoisotopic (exact) mass is 304 g/mol. The van der Waals surface area contributed by atoms with Gasteiger partial charge in [0.15, 0.2) is 0 Å². The third-order valence-electron chi connectivity index (χ3n) is 3.62. The Balaban J connectivity index is 1.91. The van der Waals surface area contributed by atoms with Crippen molar-refractivity contribution in [3.63, 3.8) is 0 Å². The van der Waals surface area contributed by atoms with Crippen LogP contribution in [0, 0.1) is 5.92 Å². The Morgan fingerprint density at radius 2 is 2.18 bits per heavy atom. The SMILES string of the molecule is CC(C)CCNC(=O)c1cccc(NC(=O)C2CCCO2)c1. The fraction of sp³-hybridized carbons (Fsp3) is 0.529. The molecule has 5 heteroatoms. The largest absolute Gasteiger partial charge is 0.368 e. The highest BCUT2D eigenvalue weighted by molar-refractivity contribution is 5.98. The van der Waals surface area contributed by atoms with E-state index >= 15 is 0 Å². The van der Waals surface area contributed by atoms with Gasteiger partial charge in [0.25, 0.3) is 11.8 Å². The van der Waals surface area contributed by atoms with Gasteiger partial charge in [-0.1, -0.05) is 19.9 Å². The minimum atomic E-state index is -0.372. The summed E-state index contributed by atoms with van der Waals surface area (Å²) in [4.78, 5) is 24.1. The summed E-state index contributed by atoms with van der Waals surface area (Å²) in [6, 6.07) is 6.98. The molecular weight excluding hydrogens is 280 g/mol. The van der Waals surface area contributed by atoms with E-state index in [-0.39, 0.29) is 17.9 Å². The van der Waals surface area contributed by atoms with Crippen LogP contribution in [0.1, 0.15) is 43.5 Å². The molecule has 2 rings (SSSR count). The van der Waals surface area contributed by atoms with E-state index in [9.17, 15) is 9.59 Å². The molecule has 1 aromatic rings. The summed E-state index contributed by atoms with van der Waals surface area (Å²) in [5, 5.41) is 5.70. The molecule has 0 aliphatic carbocycles. The Morgan fingerprint density at radius 3 is 2.86 bits per heavy atom. The standard InChI is InChI=1S/C17H24N2O3/c1-12(2)8-9-18-16(20)13-5-3-6-14(11-13)19-17(21)15-7-4-10-22-15/h3,5-6,11-12,15H,4,7-10H2,1-2H3,(H,18,20)(H,19,21). The van der Waals surface area contributed by atoms with Crippen LogP contribution in [0.25, 0.3) is 0 Å². The second kappa shape index (κ2) is 7.94. The van der Waals surface area contributed by atoms with Crippen LogP contribution in [0.4, 0.5) is 5.69 Å². The number of carbonyl (C=O) groups excluding carboxylic acids is 2. The highest BCUT2D eigenvalue weighted by atomic mass is 16.5. The lowest BCUT2D eigenvalue weighted by Gasteiger charge is -2.12. The van der Waals surface area contributed by atoms with Crippen molar-refractivity contribution in [1.29, 1.82) is 0 Å². The van der Waals surface area contributed by atoms with E-state index < -0.39 is 0 Å². The summed E-state index contributed by atoms with van der Waals surface area (Å²) in [7, 11) is 0. The topological polar surface area (TPSA) is 67.4 Å². The van der Waals surface area contributed by atoms with Gasteiger partial charge in [0.05, 0.1) is 0 Å². The van der Waals surface area contributed by atoms with Crippen LogP contribution in [-0.4, -0.2) is 31.1 Å². The first kappa shape index (κ1) is 16.5. The minimum absolute atomic E-state index is 0.117. The van der Waals surface area contributed by atoms with Crippen molar-refractivity contribution >= 4 is 17.5 Å². The molecule has 1 aliphatic heterocycles. The van der Waals surface area contributed by atoms with Gasteiger partial charge >= 0.3 is 0 Å². The van der Waals surface area contributed by atoms with Crippen LogP contribution in [0.2, 0.25) is 0 Å². The van der Waals surface area contributed by atoms with E-state index in [0.717, 1.165) is 19.3 Å². The average Bonchev–Trinajstić information content (AvgIpc) is 3.01. The zero-order chi connectivity index (χ0) is 15.9. The molecule has 120 valence electrons. The predicted molar refractivity (Wildman–Crippen MR) is 85.8 cm³/mol. The Labute approximate surface area is 131 Å². The second-order valence-corrected chi connectivity index (χ2v) is 6.01. The molecule has 5 nitrogen and oxygen atoms in total. The zero-order valence-corrected chi connectivity index (χ0v) is 13.2. The predicted octanol–water partition coefficient (Wildman–Crippen LogP) is 2.58. The Morgan fingerprint density at radius 1 is 1.36 bits per heavy atom. The summed E-state index contributed by atoms with van der Waals surface area (Å²) < 4.78 is 5.35. The fourth-order valence-electron chi connectivity index (χ4n) is 2.32. The molecule has 0 spiro atoms. The molecule has 1 unspecified atom stereocenters. The maximum Gasteiger partial charge on any atom is 0.253 e. The summed E-state index contributed by atoms with van der Waals surface area (Å²) in [5.41, 5.74) is 1.17. The molecule has 22 heavy (non-hydrogen) atoms. The highest BCUT2D eigenvalue weighted by Gasteiger charge is 2.23. The third kappa shape index (κ3) is 4.84. The molecule has 1 aromatic carbocycles. The maximum atomic E-state index is 12.1. The molecule has 1 saturated heterocycles. The van der Waals surface area contributed by atoms with E-state index in [1.165, 1.54) is 0 Å².